The average molecular weight is 785 g/mol. The van der Waals surface area contributed by atoms with Gasteiger partial charge in [-0.25, -0.2) is 9.18 Å². The SMILES string of the molecule is CC(C)CCC[C@@H](C)[C@H]1CC[C@H]2[C@@H]3CC=C4C[C@@H](OC(=O)CCCCCCCCC(=O)Oc5ccc(OC(=O)c6ccccc6F)cc5)CC[C@]4(C)[C@H]3CC[C@]12C. The number of ether oxygens (including phenoxy) is 3. The number of hydrogen-bond donors (Lipinski definition) is 0. The van der Waals surface area contributed by atoms with Crippen LogP contribution in [-0.4, -0.2) is 24.0 Å². The van der Waals surface area contributed by atoms with Crippen LogP contribution in [0, 0.1) is 52.2 Å². The number of hydrogen-bond acceptors (Lipinski definition) is 6. The Hall–Kier alpha value is -3.48. The second-order valence-corrected chi connectivity index (χ2v) is 19.1. The zero-order valence-corrected chi connectivity index (χ0v) is 35.5. The molecule has 0 radical (unpaired) electrons. The van der Waals surface area contributed by atoms with Gasteiger partial charge < -0.3 is 14.2 Å². The van der Waals surface area contributed by atoms with Gasteiger partial charge in [0.05, 0.1) is 5.56 Å². The van der Waals surface area contributed by atoms with E-state index in [1.54, 1.807) is 23.8 Å². The van der Waals surface area contributed by atoms with Gasteiger partial charge in [-0.3, -0.25) is 9.59 Å². The van der Waals surface area contributed by atoms with E-state index < -0.39 is 11.8 Å². The van der Waals surface area contributed by atoms with Crippen LogP contribution >= 0.6 is 0 Å². The van der Waals surface area contributed by atoms with Crippen LogP contribution in [0.4, 0.5) is 4.39 Å². The molecule has 0 heterocycles. The Labute approximate surface area is 342 Å². The maximum atomic E-state index is 13.8. The zero-order chi connectivity index (χ0) is 40.6. The van der Waals surface area contributed by atoms with E-state index in [1.165, 1.54) is 81.7 Å². The van der Waals surface area contributed by atoms with Crippen LogP contribution in [0.2, 0.25) is 0 Å². The normalized spacial score (nSPS) is 28.4. The monoisotopic (exact) mass is 785 g/mol. The fourth-order valence-electron chi connectivity index (χ4n) is 11.8. The Morgan fingerprint density at radius 2 is 1.40 bits per heavy atom. The van der Waals surface area contributed by atoms with Crippen molar-refractivity contribution in [3.63, 3.8) is 0 Å². The lowest BCUT2D eigenvalue weighted by Crippen LogP contribution is -2.51. The van der Waals surface area contributed by atoms with Crippen LogP contribution in [0.3, 0.4) is 0 Å². The first-order chi connectivity index (χ1) is 27.4. The van der Waals surface area contributed by atoms with Gasteiger partial charge in [-0.1, -0.05) is 103 Å². The van der Waals surface area contributed by atoms with E-state index in [1.807, 2.05) is 0 Å². The predicted octanol–water partition coefficient (Wildman–Crippen LogP) is 13.0. The van der Waals surface area contributed by atoms with Gasteiger partial charge >= 0.3 is 17.9 Å². The van der Waals surface area contributed by atoms with Gasteiger partial charge in [0.1, 0.15) is 23.4 Å². The Morgan fingerprint density at radius 1 is 0.737 bits per heavy atom. The highest BCUT2D eigenvalue weighted by Crippen LogP contribution is 2.67. The minimum absolute atomic E-state index is 0.0191. The summed E-state index contributed by atoms with van der Waals surface area (Å²) in [5.41, 5.74) is 2.21. The molecule has 6 rings (SSSR count). The number of rotatable bonds is 18. The lowest BCUT2D eigenvalue weighted by atomic mass is 9.47. The van der Waals surface area contributed by atoms with Crippen LogP contribution in [0.5, 0.6) is 11.5 Å². The Balaban J connectivity index is 0.835. The summed E-state index contributed by atoms with van der Waals surface area (Å²) in [6, 6.07) is 11.7. The summed E-state index contributed by atoms with van der Waals surface area (Å²) in [6.07, 6.45) is 22.9. The quantitative estimate of drug-likeness (QED) is 0.0648. The average Bonchev–Trinajstić information content (AvgIpc) is 3.54. The molecule has 0 aromatic heterocycles. The highest BCUT2D eigenvalue weighted by molar-refractivity contribution is 5.91. The molecule has 6 nitrogen and oxygen atoms in total. The molecule has 4 aliphatic rings. The standard InChI is InChI=1S/C50H69FO6/c1-34(2)15-14-16-35(3)42-27-28-43-40-26-21-36-33-39(29-31-49(36,4)44(40)30-32-50(42,43)5)56-47(53)20-11-9-7-6-8-10-19-46(52)55-37-22-24-38(25-23-37)57-48(54)41-17-12-13-18-45(41)51/h12-13,17-18,21-25,34-35,39-40,42-44H,6-11,14-16,19-20,26-33H2,1-5H3/t35-,39+,40+,42-,43+,44+,49+,50-/m1/s1. The molecule has 2 aromatic carbocycles. The van der Waals surface area contributed by atoms with Crippen LogP contribution in [-0.2, 0) is 14.3 Å². The van der Waals surface area contributed by atoms with Gasteiger partial charge in [-0.15, -0.1) is 0 Å². The summed E-state index contributed by atoms with van der Waals surface area (Å²) in [4.78, 5) is 37.5. The molecule has 3 fully saturated rings. The van der Waals surface area contributed by atoms with E-state index in [4.69, 9.17) is 14.2 Å². The Kier molecular flexibility index (Phi) is 14.8. The number of carbonyl (C=O) groups is 3. The fraction of sp³-hybridized carbons (Fsp3) is 0.660. The van der Waals surface area contributed by atoms with Crippen molar-refractivity contribution in [1.29, 1.82) is 0 Å². The van der Waals surface area contributed by atoms with E-state index >= 15 is 0 Å². The van der Waals surface area contributed by atoms with Gasteiger partial charge in [-0.2, -0.15) is 0 Å². The molecule has 3 saturated carbocycles. The minimum Gasteiger partial charge on any atom is -0.462 e. The van der Waals surface area contributed by atoms with Gasteiger partial charge in [0.15, 0.2) is 0 Å². The molecule has 2 aromatic rings. The number of esters is 3. The Morgan fingerprint density at radius 3 is 2.11 bits per heavy atom. The van der Waals surface area contributed by atoms with E-state index in [9.17, 15) is 18.8 Å². The van der Waals surface area contributed by atoms with Gasteiger partial charge in [0.25, 0.3) is 0 Å². The number of unbranched alkanes of at least 4 members (excludes halogenated alkanes) is 5. The van der Waals surface area contributed by atoms with Crippen molar-refractivity contribution in [3.05, 3.63) is 71.6 Å². The predicted molar refractivity (Wildman–Crippen MR) is 223 cm³/mol. The van der Waals surface area contributed by atoms with Crippen LogP contribution in [0.25, 0.3) is 0 Å². The van der Waals surface area contributed by atoms with Gasteiger partial charge in [-0.05, 0) is 141 Å². The molecule has 0 aliphatic heterocycles. The van der Waals surface area contributed by atoms with Crippen LogP contribution in [0.15, 0.2) is 60.2 Å². The molecule has 312 valence electrons. The van der Waals surface area contributed by atoms with Crippen molar-refractivity contribution in [2.45, 2.75) is 163 Å². The molecular formula is C50H69FO6. The van der Waals surface area contributed by atoms with Crippen molar-refractivity contribution in [2.75, 3.05) is 0 Å². The molecule has 7 heteroatoms. The van der Waals surface area contributed by atoms with E-state index in [0.29, 0.717) is 24.0 Å². The van der Waals surface area contributed by atoms with Crippen molar-refractivity contribution < 1.29 is 33.0 Å². The van der Waals surface area contributed by atoms with Crippen LogP contribution in [0.1, 0.15) is 167 Å². The molecule has 0 spiro atoms. The summed E-state index contributed by atoms with van der Waals surface area (Å²) in [5, 5.41) is 0. The molecule has 57 heavy (non-hydrogen) atoms. The summed E-state index contributed by atoms with van der Waals surface area (Å²) in [5.74, 6) is 3.77. The van der Waals surface area contributed by atoms with E-state index in [2.05, 4.69) is 40.7 Å². The minimum atomic E-state index is -0.791. The lowest BCUT2D eigenvalue weighted by Gasteiger charge is -2.58. The highest BCUT2D eigenvalue weighted by Gasteiger charge is 2.59. The summed E-state index contributed by atoms with van der Waals surface area (Å²) in [6.45, 7) is 12.5. The fourth-order valence-corrected chi connectivity index (χ4v) is 11.8. The topological polar surface area (TPSA) is 78.9 Å². The maximum absolute atomic E-state index is 13.8. The van der Waals surface area contributed by atoms with Crippen molar-refractivity contribution >= 4 is 17.9 Å². The van der Waals surface area contributed by atoms with E-state index in [-0.39, 0.29) is 34.8 Å². The smallest absolute Gasteiger partial charge is 0.346 e. The lowest BCUT2D eigenvalue weighted by molar-refractivity contribution is -0.151. The first-order valence-corrected chi connectivity index (χ1v) is 22.5. The van der Waals surface area contributed by atoms with E-state index in [0.717, 1.165) is 93.3 Å². The molecule has 0 bridgehead atoms. The molecule has 8 atom stereocenters. The maximum Gasteiger partial charge on any atom is 0.346 e. The molecule has 0 N–H and O–H groups in total. The molecule has 0 unspecified atom stereocenters. The second kappa shape index (κ2) is 19.5. The van der Waals surface area contributed by atoms with Gasteiger partial charge in [0.2, 0.25) is 0 Å². The number of carbonyl (C=O) groups excluding carboxylic acids is 3. The zero-order valence-electron chi connectivity index (χ0n) is 35.5. The summed E-state index contributed by atoms with van der Waals surface area (Å²) in [7, 11) is 0. The molecule has 0 saturated heterocycles. The largest absolute Gasteiger partial charge is 0.462 e. The van der Waals surface area contributed by atoms with Gasteiger partial charge in [0, 0.05) is 19.3 Å². The number of halogens is 1. The summed E-state index contributed by atoms with van der Waals surface area (Å²) >= 11 is 0. The first kappa shape index (κ1) is 43.1. The number of fused-ring (bicyclic) bond motifs is 5. The Bertz CT molecular complexity index is 1700. The number of allylic oxidation sites excluding steroid dienone is 1. The number of benzene rings is 2. The third-order valence-electron chi connectivity index (χ3n) is 14.9. The molecule has 0 amide bonds. The third-order valence-corrected chi connectivity index (χ3v) is 14.9. The third kappa shape index (κ3) is 10.6. The highest BCUT2D eigenvalue weighted by atomic mass is 19.1. The molecular weight excluding hydrogens is 716 g/mol. The van der Waals surface area contributed by atoms with Crippen molar-refractivity contribution in [3.8, 4) is 11.5 Å². The second-order valence-electron chi connectivity index (χ2n) is 19.1. The van der Waals surface area contributed by atoms with Crippen molar-refractivity contribution in [2.24, 2.45) is 46.3 Å². The van der Waals surface area contributed by atoms with Crippen molar-refractivity contribution in [1.82, 2.24) is 0 Å². The first-order valence-electron chi connectivity index (χ1n) is 22.5. The molecule has 4 aliphatic carbocycles. The summed E-state index contributed by atoms with van der Waals surface area (Å²) < 4.78 is 30.6. The van der Waals surface area contributed by atoms with Crippen LogP contribution < -0.4 is 9.47 Å².